The molecular weight excluding hydrogens is 227 g/mol. The topological polar surface area (TPSA) is 15.3 Å². The second kappa shape index (κ2) is 5.70. The molecule has 3 unspecified atom stereocenters. The van der Waals surface area contributed by atoms with E-state index in [4.69, 9.17) is 0 Å². The van der Waals surface area contributed by atoms with E-state index in [2.05, 4.69) is 31.0 Å². The van der Waals surface area contributed by atoms with Crippen molar-refractivity contribution in [3.8, 4) is 0 Å². The molecule has 1 aromatic rings. The molecule has 1 N–H and O–H groups in total. The van der Waals surface area contributed by atoms with Crippen molar-refractivity contribution in [3.05, 3.63) is 30.1 Å². The predicted molar refractivity (Wildman–Crippen MR) is 74.5 cm³/mol. The van der Waals surface area contributed by atoms with Gasteiger partial charge in [-0.05, 0) is 25.0 Å². The van der Waals surface area contributed by atoms with Crippen LogP contribution in [0.15, 0.2) is 24.3 Å². The molecule has 3 atom stereocenters. The molecule has 0 aliphatic carbocycles. The van der Waals surface area contributed by atoms with Crippen LogP contribution in [0, 0.1) is 11.7 Å². The van der Waals surface area contributed by atoms with Crippen molar-refractivity contribution >= 4 is 5.69 Å². The zero-order valence-corrected chi connectivity index (χ0v) is 11.5. The zero-order chi connectivity index (χ0) is 13.1. The smallest absolute Gasteiger partial charge is 0.146 e. The molecule has 0 amide bonds. The highest BCUT2D eigenvalue weighted by Gasteiger charge is 2.28. The number of benzene rings is 1. The van der Waals surface area contributed by atoms with Gasteiger partial charge in [0.25, 0.3) is 0 Å². The quantitative estimate of drug-likeness (QED) is 0.887. The summed E-state index contributed by atoms with van der Waals surface area (Å²) in [6, 6.07) is 7.86. The van der Waals surface area contributed by atoms with E-state index in [1.165, 1.54) is 0 Å². The molecule has 1 aromatic carbocycles. The van der Waals surface area contributed by atoms with Gasteiger partial charge in [-0.1, -0.05) is 32.4 Å². The summed E-state index contributed by atoms with van der Waals surface area (Å²) in [7, 11) is 0. The van der Waals surface area contributed by atoms with Crippen LogP contribution in [0.5, 0.6) is 0 Å². The number of halogens is 1. The number of hydrogen-bond acceptors (Lipinski definition) is 2. The molecule has 0 radical (unpaired) electrons. The SMILES string of the molecule is CCC(C)C1CN(c2ccccc2F)C(C)CN1. The van der Waals surface area contributed by atoms with Crippen LogP contribution in [0.3, 0.4) is 0 Å². The molecule has 1 saturated heterocycles. The molecule has 3 heteroatoms. The first kappa shape index (κ1) is 13.3. The lowest BCUT2D eigenvalue weighted by atomic mass is 9.95. The van der Waals surface area contributed by atoms with Crippen molar-refractivity contribution in [2.45, 2.75) is 39.3 Å². The van der Waals surface area contributed by atoms with Crippen molar-refractivity contribution in [1.29, 1.82) is 0 Å². The third-order valence-corrected chi connectivity index (χ3v) is 4.09. The fraction of sp³-hybridized carbons (Fsp3) is 0.600. The molecule has 0 saturated carbocycles. The van der Waals surface area contributed by atoms with E-state index in [1.807, 2.05) is 12.1 Å². The van der Waals surface area contributed by atoms with E-state index < -0.39 is 0 Å². The number of para-hydroxylation sites is 1. The van der Waals surface area contributed by atoms with Gasteiger partial charge in [-0.2, -0.15) is 0 Å². The minimum absolute atomic E-state index is 0.117. The Hall–Kier alpha value is -1.09. The van der Waals surface area contributed by atoms with Crippen LogP contribution < -0.4 is 10.2 Å². The fourth-order valence-electron chi connectivity index (χ4n) is 2.57. The summed E-state index contributed by atoms with van der Waals surface area (Å²) in [6.07, 6.45) is 1.15. The number of hydrogen-bond donors (Lipinski definition) is 1. The number of anilines is 1. The molecular formula is C15H23FN2. The third-order valence-electron chi connectivity index (χ3n) is 4.09. The first-order valence-corrected chi connectivity index (χ1v) is 6.88. The molecule has 1 aliphatic heterocycles. The maximum absolute atomic E-state index is 13.9. The Kier molecular flexibility index (Phi) is 4.23. The van der Waals surface area contributed by atoms with Crippen LogP contribution >= 0.6 is 0 Å². The van der Waals surface area contributed by atoms with Crippen molar-refractivity contribution in [1.82, 2.24) is 5.32 Å². The van der Waals surface area contributed by atoms with Crippen LogP contribution in [0.4, 0.5) is 10.1 Å². The van der Waals surface area contributed by atoms with Crippen molar-refractivity contribution in [2.75, 3.05) is 18.0 Å². The maximum Gasteiger partial charge on any atom is 0.146 e. The first-order chi connectivity index (χ1) is 8.63. The molecule has 1 aliphatic rings. The average Bonchev–Trinajstić information content (AvgIpc) is 2.39. The fourth-order valence-corrected chi connectivity index (χ4v) is 2.57. The lowest BCUT2D eigenvalue weighted by molar-refractivity contribution is 0.314. The zero-order valence-electron chi connectivity index (χ0n) is 11.5. The highest BCUT2D eigenvalue weighted by atomic mass is 19.1. The van der Waals surface area contributed by atoms with Crippen LogP contribution in [0.1, 0.15) is 27.2 Å². The van der Waals surface area contributed by atoms with Crippen LogP contribution in [0.25, 0.3) is 0 Å². The van der Waals surface area contributed by atoms with Gasteiger partial charge in [0.15, 0.2) is 0 Å². The van der Waals surface area contributed by atoms with E-state index in [0.29, 0.717) is 18.0 Å². The maximum atomic E-state index is 13.9. The number of nitrogens with one attached hydrogen (secondary N) is 1. The minimum Gasteiger partial charge on any atom is -0.364 e. The van der Waals surface area contributed by atoms with Crippen LogP contribution in [-0.4, -0.2) is 25.2 Å². The van der Waals surface area contributed by atoms with Gasteiger partial charge in [-0.25, -0.2) is 4.39 Å². The van der Waals surface area contributed by atoms with Gasteiger partial charge < -0.3 is 10.2 Å². The van der Waals surface area contributed by atoms with E-state index in [0.717, 1.165) is 25.2 Å². The number of rotatable bonds is 3. The molecule has 2 nitrogen and oxygen atoms in total. The van der Waals surface area contributed by atoms with Gasteiger partial charge in [0.05, 0.1) is 5.69 Å². The van der Waals surface area contributed by atoms with Crippen LogP contribution in [0.2, 0.25) is 0 Å². The summed E-state index contributed by atoms with van der Waals surface area (Å²) in [6.45, 7) is 8.41. The lowest BCUT2D eigenvalue weighted by Gasteiger charge is -2.42. The molecule has 100 valence electrons. The minimum atomic E-state index is -0.117. The van der Waals surface area contributed by atoms with Gasteiger partial charge in [0.2, 0.25) is 0 Å². The monoisotopic (exact) mass is 250 g/mol. The largest absolute Gasteiger partial charge is 0.364 e. The summed E-state index contributed by atoms with van der Waals surface area (Å²) >= 11 is 0. The number of piperazine rings is 1. The Bertz CT molecular complexity index is 394. The Labute approximate surface area is 109 Å². The molecule has 0 aromatic heterocycles. The number of nitrogens with zero attached hydrogens (tertiary/aromatic N) is 1. The molecule has 1 heterocycles. The summed E-state index contributed by atoms with van der Waals surface area (Å²) in [5.74, 6) is 0.501. The lowest BCUT2D eigenvalue weighted by Crippen LogP contribution is -2.57. The molecule has 0 spiro atoms. The molecule has 2 rings (SSSR count). The third kappa shape index (κ3) is 2.66. The van der Waals surface area contributed by atoms with E-state index in [9.17, 15) is 4.39 Å². The second-order valence-electron chi connectivity index (χ2n) is 5.35. The molecule has 1 fully saturated rings. The summed E-state index contributed by atoms with van der Waals surface area (Å²) in [4.78, 5) is 2.20. The molecule has 18 heavy (non-hydrogen) atoms. The van der Waals surface area contributed by atoms with Gasteiger partial charge in [0, 0.05) is 25.2 Å². The van der Waals surface area contributed by atoms with Gasteiger partial charge in [-0.15, -0.1) is 0 Å². The summed E-state index contributed by atoms with van der Waals surface area (Å²) in [5, 5.41) is 3.57. The van der Waals surface area contributed by atoms with Gasteiger partial charge in [0.1, 0.15) is 5.82 Å². The van der Waals surface area contributed by atoms with Crippen molar-refractivity contribution in [3.63, 3.8) is 0 Å². The van der Waals surface area contributed by atoms with Crippen LogP contribution in [-0.2, 0) is 0 Å². The Morgan fingerprint density at radius 2 is 2.17 bits per heavy atom. The van der Waals surface area contributed by atoms with Gasteiger partial charge in [-0.3, -0.25) is 0 Å². The van der Waals surface area contributed by atoms with Crippen molar-refractivity contribution in [2.24, 2.45) is 5.92 Å². The first-order valence-electron chi connectivity index (χ1n) is 6.88. The second-order valence-corrected chi connectivity index (χ2v) is 5.35. The Morgan fingerprint density at radius 1 is 1.44 bits per heavy atom. The average molecular weight is 250 g/mol. The van der Waals surface area contributed by atoms with Gasteiger partial charge >= 0.3 is 0 Å². The highest BCUT2D eigenvalue weighted by Crippen LogP contribution is 2.25. The Morgan fingerprint density at radius 3 is 2.83 bits per heavy atom. The summed E-state index contributed by atoms with van der Waals surface area (Å²) in [5.41, 5.74) is 0.736. The van der Waals surface area contributed by atoms with E-state index in [-0.39, 0.29) is 5.82 Å². The highest BCUT2D eigenvalue weighted by molar-refractivity contribution is 5.49. The van der Waals surface area contributed by atoms with E-state index in [1.54, 1.807) is 12.1 Å². The predicted octanol–water partition coefficient (Wildman–Crippen LogP) is 3.04. The van der Waals surface area contributed by atoms with Crippen molar-refractivity contribution < 1.29 is 4.39 Å². The summed E-state index contributed by atoms with van der Waals surface area (Å²) < 4.78 is 13.9. The Balaban J connectivity index is 2.18. The standard InChI is InChI=1S/C15H23FN2/c1-4-11(2)14-10-18(12(3)9-17-14)15-8-6-5-7-13(15)16/h5-8,11-12,14,17H,4,9-10H2,1-3H3. The van der Waals surface area contributed by atoms with E-state index >= 15 is 0 Å². The normalized spacial score (nSPS) is 26.1. The molecule has 0 bridgehead atoms.